The van der Waals surface area contributed by atoms with Gasteiger partial charge in [-0.25, -0.2) is 9.59 Å². The van der Waals surface area contributed by atoms with Crippen LogP contribution in [-0.2, 0) is 25.6 Å². The van der Waals surface area contributed by atoms with Gasteiger partial charge in [-0.15, -0.1) is 0 Å². The van der Waals surface area contributed by atoms with E-state index in [0.29, 0.717) is 6.54 Å². The Labute approximate surface area is 141 Å². The summed E-state index contributed by atoms with van der Waals surface area (Å²) < 4.78 is 9.67. The Morgan fingerprint density at radius 2 is 1.88 bits per heavy atom. The molecule has 0 amide bonds. The Morgan fingerprint density at radius 3 is 2.54 bits per heavy atom. The van der Waals surface area contributed by atoms with Crippen LogP contribution >= 0.6 is 0 Å². The molecule has 1 heterocycles. The van der Waals surface area contributed by atoms with Crippen LogP contribution in [-0.4, -0.2) is 33.2 Å². The predicted molar refractivity (Wildman–Crippen MR) is 91.0 cm³/mol. The number of esters is 2. The van der Waals surface area contributed by atoms with Crippen molar-refractivity contribution in [1.82, 2.24) is 5.32 Å². The van der Waals surface area contributed by atoms with Gasteiger partial charge in [0.1, 0.15) is 5.70 Å². The van der Waals surface area contributed by atoms with Crippen molar-refractivity contribution >= 4 is 17.6 Å². The van der Waals surface area contributed by atoms with Gasteiger partial charge in [-0.1, -0.05) is 18.2 Å². The molecule has 2 rings (SSSR count). The van der Waals surface area contributed by atoms with Gasteiger partial charge < -0.3 is 19.7 Å². The van der Waals surface area contributed by atoms with Gasteiger partial charge in [0.15, 0.2) is 0 Å². The average molecular weight is 328 g/mol. The lowest BCUT2D eigenvalue weighted by Crippen LogP contribution is -2.27. The number of allylic oxidation sites excluding steroid dienone is 2. The van der Waals surface area contributed by atoms with E-state index < -0.39 is 11.9 Å². The third-order valence-corrected chi connectivity index (χ3v) is 3.46. The first-order valence-electron chi connectivity index (χ1n) is 7.41. The van der Waals surface area contributed by atoms with Crippen LogP contribution in [0.15, 0.2) is 60.0 Å². The van der Waals surface area contributed by atoms with Crippen LogP contribution in [0, 0.1) is 0 Å². The number of ether oxygens (including phenoxy) is 2. The van der Waals surface area contributed by atoms with Gasteiger partial charge in [0.05, 0.1) is 19.8 Å². The number of carbonyl (C=O) groups is 2. The van der Waals surface area contributed by atoms with Gasteiger partial charge in [-0.3, -0.25) is 0 Å². The summed E-state index contributed by atoms with van der Waals surface area (Å²) in [6.45, 7) is 0.685. The summed E-state index contributed by atoms with van der Waals surface area (Å²) in [5.41, 5.74) is 2.03. The zero-order valence-electron chi connectivity index (χ0n) is 13.9. The fraction of sp³-hybridized carbons (Fsp3) is 0.222. The molecule has 1 N–H and O–H groups in total. The molecular formula is C18H20N2O4. The summed E-state index contributed by atoms with van der Waals surface area (Å²) in [4.78, 5) is 26.1. The van der Waals surface area contributed by atoms with Crippen molar-refractivity contribution in [2.24, 2.45) is 0 Å². The van der Waals surface area contributed by atoms with E-state index in [1.54, 1.807) is 23.3 Å². The molecule has 126 valence electrons. The van der Waals surface area contributed by atoms with Crippen molar-refractivity contribution in [1.29, 1.82) is 0 Å². The highest BCUT2D eigenvalue weighted by Gasteiger charge is 2.27. The van der Waals surface area contributed by atoms with Gasteiger partial charge in [0.25, 0.3) is 0 Å². The van der Waals surface area contributed by atoms with E-state index in [4.69, 9.17) is 9.47 Å². The second-order valence-electron chi connectivity index (χ2n) is 5.02. The number of rotatable bonds is 5. The van der Waals surface area contributed by atoms with E-state index in [-0.39, 0.29) is 11.3 Å². The van der Waals surface area contributed by atoms with E-state index in [2.05, 4.69) is 5.32 Å². The molecule has 24 heavy (non-hydrogen) atoms. The van der Waals surface area contributed by atoms with Crippen molar-refractivity contribution in [2.45, 2.75) is 6.54 Å². The van der Waals surface area contributed by atoms with E-state index in [9.17, 15) is 9.59 Å². The first-order chi connectivity index (χ1) is 11.6. The molecular weight excluding hydrogens is 308 g/mol. The molecule has 0 radical (unpaired) electrons. The quantitative estimate of drug-likeness (QED) is 0.833. The van der Waals surface area contributed by atoms with Crippen LogP contribution in [0.4, 0.5) is 5.69 Å². The van der Waals surface area contributed by atoms with Crippen LogP contribution in [0.3, 0.4) is 0 Å². The lowest BCUT2D eigenvalue weighted by Gasteiger charge is -2.23. The van der Waals surface area contributed by atoms with Crippen LogP contribution < -0.4 is 10.2 Å². The summed E-state index contributed by atoms with van der Waals surface area (Å²) in [7, 11) is 4.41. The second kappa shape index (κ2) is 8.12. The molecule has 0 atom stereocenters. The third kappa shape index (κ3) is 3.72. The maximum Gasteiger partial charge on any atom is 0.355 e. The highest BCUT2D eigenvalue weighted by atomic mass is 16.5. The van der Waals surface area contributed by atoms with E-state index in [0.717, 1.165) is 11.3 Å². The molecule has 0 bridgehead atoms. The molecule has 0 saturated heterocycles. The Hall–Kier alpha value is -2.86. The van der Waals surface area contributed by atoms with Gasteiger partial charge in [-0.2, -0.15) is 0 Å². The summed E-state index contributed by atoms with van der Waals surface area (Å²) in [5.74, 6) is -1.22. The minimum Gasteiger partial charge on any atom is -0.465 e. The highest BCUT2D eigenvalue weighted by Crippen LogP contribution is 2.26. The van der Waals surface area contributed by atoms with Gasteiger partial charge in [-0.05, 0) is 36.9 Å². The number of benzene rings is 1. The predicted octanol–water partition coefficient (Wildman–Crippen LogP) is 1.90. The zero-order valence-corrected chi connectivity index (χ0v) is 13.9. The number of nitrogens with one attached hydrogen (secondary N) is 1. The number of hydrogen-bond donors (Lipinski definition) is 1. The maximum atomic E-state index is 12.3. The molecule has 1 aromatic carbocycles. The third-order valence-electron chi connectivity index (χ3n) is 3.46. The largest absolute Gasteiger partial charge is 0.465 e. The number of nitrogens with zero attached hydrogens (tertiary/aromatic N) is 1. The summed E-state index contributed by atoms with van der Waals surface area (Å²) in [6.07, 6.45) is 6.65. The molecule has 0 unspecified atom stereocenters. The van der Waals surface area contributed by atoms with Crippen molar-refractivity contribution in [3.05, 3.63) is 65.5 Å². The standard InChI is InChI=1S/C18H20N2O4/c1-19-12-13-7-6-8-14(11-13)20-10-5-4-9-15(17(21)23-2)16(20)18(22)24-3/h4-11,19H,12H2,1-3H3. The minimum atomic E-state index is -0.620. The number of hydrogen-bond acceptors (Lipinski definition) is 6. The number of carbonyl (C=O) groups excluding carboxylic acids is 2. The van der Waals surface area contributed by atoms with Crippen LogP contribution in [0.2, 0.25) is 0 Å². The van der Waals surface area contributed by atoms with Gasteiger partial charge in [0.2, 0.25) is 0 Å². The molecule has 6 nitrogen and oxygen atoms in total. The second-order valence-corrected chi connectivity index (χ2v) is 5.02. The van der Waals surface area contributed by atoms with Crippen molar-refractivity contribution in [3.63, 3.8) is 0 Å². The summed E-state index contributed by atoms with van der Waals surface area (Å²) >= 11 is 0. The first-order valence-corrected chi connectivity index (χ1v) is 7.41. The maximum absolute atomic E-state index is 12.3. The Morgan fingerprint density at radius 1 is 1.12 bits per heavy atom. The van der Waals surface area contributed by atoms with E-state index in [1.165, 1.54) is 20.3 Å². The molecule has 0 saturated carbocycles. The number of anilines is 1. The molecule has 1 aliphatic rings. The highest BCUT2D eigenvalue weighted by molar-refractivity contribution is 6.05. The topological polar surface area (TPSA) is 67.9 Å². The molecule has 0 spiro atoms. The molecule has 1 aliphatic heterocycles. The van der Waals surface area contributed by atoms with E-state index >= 15 is 0 Å². The van der Waals surface area contributed by atoms with E-state index in [1.807, 2.05) is 31.3 Å². The minimum absolute atomic E-state index is 0.107. The normalized spacial score (nSPS) is 13.7. The Balaban J connectivity index is 2.59. The molecule has 0 aliphatic carbocycles. The van der Waals surface area contributed by atoms with Crippen molar-refractivity contribution < 1.29 is 19.1 Å². The fourth-order valence-corrected chi connectivity index (χ4v) is 2.39. The van der Waals surface area contributed by atoms with Gasteiger partial charge >= 0.3 is 11.9 Å². The van der Waals surface area contributed by atoms with Crippen LogP contribution in [0.5, 0.6) is 0 Å². The smallest absolute Gasteiger partial charge is 0.355 e. The lowest BCUT2D eigenvalue weighted by molar-refractivity contribution is -0.139. The zero-order chi connectivity index (χ0) is 17.5. The van der Waals surface area contributed by atoms with Gasteiger partial charge in [0, 0.05) is 18.4 Å². The molecule has 6 heteroatoms. The van der Waals surface area contributed by atoms with Crippen molar-refractivity contribution in [2.75, 3.05) is 26.2 Å². The Kier molecular flexibility index (Phi) is 5.92. The molecule has 0 aromatic heterocycles. The number of methoxy groups -OCH3 is 2. The Bertz CT molecular complexity index is 719. The van der Waals surface area contributed by atoms with Crippen molar-refractivity contribution in [3.8, 4) is 0 Å². The summed E-state index contributed by atoms with van der Waals surface area (Å²) in [5, 5.41) is 3.08. The van der Waals surface area contributed by atoms with Crippen LogP contribution in [0.25, 0.3) is 0 Å². The monoisotopic (exact) mass is 328 g/mol. The van der Waals surface area contributed by atoms with Crippen LogP contribution in [0.1, 0.15) is 5.56 Å². The lowest BCUT2D eigenvalue weighted by atomic mass is 10.1. The average Bonchev–Trinajstić information content (AvgIpc) is 2.83. The fourth-order valence-electron chi connectivity index (χ4n) is 2.39. The summed E-state index contributed by atoms with van der Waals surface area (Å²) in [6, 6.07) is 7.65. The SMILES string of the molecule is CNCc1cccc(N2C=CC=CC(C(=O)OC)=C2C(=O)OC)c1. The molecule has 0 fully saturated rings. The molecule has 1 aromatic rings. The first kappa shape index (κ1) is 17.5.